The zero-order chi connectivity index (χ0) is 18.5. The van der Waals surface area contributed by atoms with Gasteiger partial charge in [0, 0.05) is 30.4 Å². The van der Waals surface area contributed by atoms with Gasteiger partial charge in [0.15, 0.2) is 0 Å². The number of hydrogen-bond donors (Lipinski definition) is 4. The number of benzene rings is 2. The number of fused-ring (bicyclic) bond motifs is 1. The molecule has 1 heterocycles. The van der Waals surface area contributed by atoms with Crippen LogP contribution in [0.2, 0.25) is 0 Å². The van der Waals surface area contributed by atoms with Crippen molar-refractivity contribution < 1.29 is 14.3 Å². The number of nitrogens with one attached hydrogen (secondary N) is 4. The van der Waals surface area contributed by atoms with Crippen LogP contribution in [0.5, 0.6) is 5.75 Å². The minimum Gasteiger partial charge on any atom is -0.491 e. The van der Waals surface area contributed by atoms with E-state index < -0.39 is 11.9 Å². The van der Waals surface area contributed by atoms with Crippen molar-refractivity contribution in [1.29, 1.82) is 0 Å². The molecule has 1 aliphatic rings. The summed E-state index contributed by atoms with van der Waals surface area (Å²) in [5.41, 5.74) is 2.75. The molecule has 3 amide bonds. The molecule has 2 aromatic rings. The van der Waals surface area contributed by atoms with Crippen LogP contribution in [-0.2, 0) is 0 Å². The lowest BCUT2D eigenvalue weighted by Crippen LogP contribution is -2.34. The van der Waals surface area contributed by atoms with Gasteiger partial charge in [-0.05, 0) is 44.2 Å². The molecule has 0 atom stereocenters. The van der Waals surface area contributed by atoms with Gasteiger partial charge < -0.3 is 20.7 Å². The summed E-state index contributed by atoms with van der Waals surface area (Å²) in [5, 5.41) is 11.4. The molecule has 0 aliphatic carbocycles. The molecule has 0 bridgehead atoms. The Morgan fingerprint density at radius 2 is 1.81 bits per heavy atom. The van der Waals surface area contributed by atoms with Gasteiger partial charge in [-0.3, -0.25) is 10.1 Å². The molecular formula is C19H22N4O3. The Kier molecular flexibility index (Phi) is 5.26. The Morgan fingerprint density at radius 3 is 2.58 bits per heavy atom. The molecule has 26 heavy (non-hydrogen) atoms. The van der Waals surface area contributed by atoms with E-state index in [9.17, 15) is 9.59 Å². The SMILES string of the molecule is CC(C)Oc1cccc(NC(=O)NC(=O)c2ccc3c(c2)NCCN3)c1. The highest BCUT2D eigenvalue weighted by Gasteiger charge is 2.14. The third kappa shape index (κ3) is 4.44. The normalized spacial score (nSPS) is 12.4. The predicted octanol–water partition coefficient (Wildman–Crippen LogP) is 3.27. The van der Waals surface area contributed by atoms with Crippen LogP contribution in [-0.4, -0.2) is 31.1 Å². The van der Waals surface area contributed by atoms with E-state index in [1.807, 2.05) is 26.0 Å². The maximum atomic E-state index is 12.3. The number of anilines is 3. The highest BCUT2D eigenvalue weighted by molar-refractivity contribution is 6.08. The van der Waals surface area contributed by atoms with Crippen molar-refractivity contribution in [3.8, 4) is 5.75 Å². The largest absolute Gasteiger partial charge is 0.491 e. The monoisotopic (exact) mass is 354 g/mol. The van der Waals surface area contributed by atoms with E-state index in [1.54, 1.807) is 30.3 Å². The average Bonchev–Trinajstić information content (AvgIpc) is 2.61. The number of carbonyl (C=O) groups excluding carboxylic acids is 2. The number of imide groups is 1. The smallest absolute Gasteiger partial charge is 0.326 e. The summed E-state index contributed by atoms with van der Waals surface area (Å²) in [7, 11) is 0. The molecule has 0 fully saturated rings. The lowest BCUT2D eigenvalue weighted by atomic mass is 10.1. The molecule has 0 aromatic heterocycles. The fourth-order valence-corrected chi connectivity index (χ4v) is 2.64. The fourth-order valence-electron chi connectivity index (χ4n) is 2.64. The lowest BCUT2D eigenvalue weighted by molar-refractivity contribution is 0.0967. The first-order chi connectivity index (χ1) is 12.5. The van der Waals surface area contributed by atoms with Crippen molar-refractivity contribution in [2.45, 2.75) is 20.0 Å². The fraction of sp³-hybridized carbons (Fsp3) is 0.263. The van der Waals surface area contributed by atoms with Crippen LogP contribution >= 0.6 is 0 Å². The maximum Gasteiger partial charge on any atom is 0.326 e. The molecular weight excluding hydrogens is 332 g/mol. The molecule has 0 radical (unpaired) electrons. The van der Waals surface area contributed by atoms with Crippen molar-refractivity contribution in [3.05, 3.63) is 48.0 Å². The summed E-state index contributed by atoms with van der Waals surface area (Å²) in [5.74, 6) is 0.185. The van der Waals surface area contributed by atoms with E-state index in [0.29, 0.717) is 17.0 Å². The predicted molar refractivity (Wildman–Crippen MR) is 102 cm³/mol. The Morgan fingerprint density at radius 1 is 1.04 bits per heavy atom. The summed E-state index contributed by atoms with van der Waals surface area (Å²) in [6.45, 7) is 5.47. The van der Waals surface area contributed by atoms with E-state index in [-0.39, 0.29) is 6.10 Å². The topological polar surface area (TPSA) is 91.5 Å². The summed E-state index contributed by atoms with van der Waals surface area (Å²) in [6.07, 6.45) is 0.0350. The second-order valence-corrected chi connectivity index (χ2v) is 6.22. The number of amides is 3. The lowest BCUT2D eigenvalue weighted by Gasteiger charge is -2.20. The second kappa shape index (κ2) is 7.77. The second-order valence-electron chi connectivity index (χ2n) is 6.22. The van der Waals surface area contributed by atoms with Crippen LogP contribution in [0.3, 0.4) is 0 Å². The van der Waals surface area contributed by atoms with Gasteiger partial charge in [-0.1, -0.05) is 6.07 Å². The molecule has 0 spiro atoms. The van der Waals surface area contributed by atoms with Gasteiger partial charge in [-0.2, -0.15) is 0 Å². The van der Waals surface area contributed by atoms with Gasteiger partial charge in [0.05, 0.1) is 17.5 Å². The highest BCUT2D eigenvalue weighted by atomic mass is 16.5. The first-order valence-corrected chi connectivity index (χ1v) is 8.52. The third-order valence-corrected chi connectivity index (χ3v) is 3.73. The molecule has 7 nitrogen and oxygen atoms in total. The Labute approximate surface area is 152 Å². The highest BCUT2D eigenvalue weighted by Crippen LogP contribution is 2.25. The molecule has 0 unspecified atom stereocenters. The van der Waals surface area contributed by atoms with Gasteiger partial charge in [0.1, 0.15) is 5.75 Å². The summed E-state index contributed by atoms with van der Waals surface area (Å²) in [6, 6.07) is 11.6. The standard InChI is InChI=1S/C19H22N4O3/c1-12(2)26-15-5-3-4-14(11-15)22-19(25)23-18(24)13-6-7-16-17(10-13)21-9-8-20-16/h3-7,10-12,20-21H,8-9H2,1-2H3,(H2,22,23,24,25). The van der Waals surface area contributed by atoms with Crippen molar-refractivity contribution in [2.24, 2.45) is 0 Å². The summed E-state index contributed by atoms with van der Waals surface area (Å²) >= 11 is 0. The number of ether oxygens (including phenoxy) is 1. The van der Waals surface area contributed by atoms with E-state index in [0.717, 1.165) is 24.5 Å². The van der Waals surface area contributed by atoms with Gasteiger partial charge in [0.2, 0.25) is 0 Å². The van der Waals surface area contributed by atoms with Gasteiger partial charge in [-0.25, -0.2) is 4.79 Å². The van der Waals surface area contributed by atoms with Crippen molar-refractivity contribution in [2.75, 3.05) is 29.0 Å². The molecule has 136 valence electrons. The molecule has 1 aliphatic heterocycles. The Hall–Kier alpha value is -3.22. The molecule has 0 saturated heterocycles. The van der Waals surface area contributed by atoms with Crippen molar-refractivity contribution in [1.82, 2.24) is 5.32 Å². The Bertz CT molecular complexity index is 820. The van der Waals surface area contributed by atoms with Crippen LogP contribution < -0.4 is 26.0 Å². The Balaban J connectivity index is 1.62. The zero-order valence-corrected chi connectivity index (χ0v) is 14.8. The first kappa shape index (κ1) is 17.6. The van der Waals surface area contributed by atoms with Gasteiger partial charge in [0.25, 0.3) is 5.91 Å². The van der Waals surface area contributed by atoms with E-state index >= 15 is 0 Å². The van der Waals surface area contributed by atoms with E-state index in [2.05, 4.69) is 21.3 Å². The molecule has 4 N–H and O–H groups in total. The minimum atomic E-state index is -0.597. The van der Waals surface area contributed by atoms with Gasteiger partial charge >= 0.3 is 6.03 Å². The van der Waals surface area contributed by atoms with Crippen LogP contribution in [0.4, 0.5) is 21.9 Å². The first-order valence-electron chi connectivity index (χ1n) is 8.52. The molecule has 0 saturated carbocycles. The quantitative estimate of drug-likeness (QED) is 0.676. The van der Waals surface area contributed by atoms with Crippen LogP contribution in [0.1, 0.15) is 24.2 Å². The maximum absolute atomic E-state index is 12.3. The zero-order valence-electron chi connectivity index (χ0n) is 14.8. The van der Waals surface area contributed by atoms with Crippen molar-refractivity contribution in [3.63, 3.8) is 0 Å². The van der Waals surface area contributed by atoms with Crippen LogP contribution in [0.25, 0.3) is 0 Å². The van der Waals surface area contributed by atoms with Gasteiger partial charge in [-0.15, -0.1) is 0 Å². The number of urea groups is 1. The number of rotatable bonds is 4. The van der Waals surface area contributed by atoms with E-state index in [1.165, 1.54) is 0 Å². The van der Waals surface area contributed by atoms with Crippen LogP contribution in [0, 0.1) is 0 Å². The minimum absolute atomic E-state index is 0.0350. The summed E-state index contributed by atoms with van der Waals surface area (Å²) < 4.78 is 5.59. The number of hydrogen-bond acceptors (Lipinski definition) is 5. The average molecular weight is 354 g/mol. The van der Waals surface area contributed by atoms with E-state index in [4.69, 9.17) is 4.74 Å². The molecule has 7 heteroatoms. The van der Waals surface area contributed by atoms with Crippen LogP contribution in [0.15, 0.2) is 42.5 Å². The van der Waals surface area contributed by atoms with Crippen molar-refractivity contribution >= 4 is 29.0 Å². The summed E-state index contributed by atoms with van der Waals surface area (Å²) in [4.78, 5) is 24.4. The third-order valence-electron chi connectivity index (χ3n) is 3.73. The number of carbonyl (C=O) groups is 2. The molecule has 2 aromatic carbocycles. The molecule has 3 rings (SSSR count).